The molecule has 0 saturated carbocycles. The van der Waals surface area contributed by atoms with E-state index in [2.05, 4.69) is 0 Å². The normalized spacial score (nSPS) is 23.1. The van der Waals surface area contributed by atoms with Gasteiger partial charge in [-0.3, -0.25) is 9.69 Å². The van der Waals surface area contributed by atoms with Gasteiger partial charge in [-0.25, -0.2) is 0 Å². The third kappa shape index (κ3) is 2.43. The second-order valence-electron chi connectivity index (χ2n) is 2.59. The molecule has 0 aromatic carbocycles. The zero-order valence-electron chi connectivity index (χ0n) is 6.55. The molecular weight excluding hydrogens is 166 g/mol. The number of nitrogens with zero attached hydrogens (tertiary/aromatic N) is 1. The van der Waals surface area contributed by atoms with Crippen molar-refractivity contribution in [2.24, 2.45) is 0 Å². The van der Waals surface area contributed by atoms with Gasteiger partial charge in [-0.2, -0.15) is 0 Å². The van der Waals surface area contributed by atoms with Crippen LogP contribution in [0.25, 0.3) is 0 Å². The van der Waals surface area contributed by atoms with E-state index in [1.54, 1.807) is 0 Å². The smallest absolute Gasteiger partial charge is 0.162 e. The van der Waals surface area contributed by atoms with Crippen molar-refractivity contribution >= 4 is 17.4 Å². The van der Waals surface area contributed by atoms with E-state index in [1.807, 2.05) is 4.90 Å². The van der Waals surface area contributed by atoms with Crippen molar-refractivity contribution in [1.29, 1.82) is 0 Å². The quantitative estimate of drug-likeness (QED) is 0.454. The molecular formula is C7H12ClNO2. The standard InChI is InChI=1S/C7H12ClNO2/c1-6(10)7(8)9-2-4-11-5-3-9/h7H,2-5H2,1H3. The van der Waals surface area contributed by atoms with Gasteiger partial charge in [0.1, 0.15) is 5.50 Å². The van der Waals surface area contributed by atoms with Gasteiger partial charge >= 0.3 is 0 Å². The molecule has 11 heavy (non-hydrogen) atoms. The van der Waals surface area contributed by atoms with E-state index in [1.165, 1.54) is 6.92 Å². The molecule has 1 rings (SSSR count). The van der Waals surface area contributed by atoms with E-state index >= 15 is 0 Å². The Morgan fingerprint density at radius 2 is 2.09 bits per heavy atom. The highest BCUT2D eigenvalue weighted by Crippen LogP contribution is 2.08. The zero-order chi connectivity index (χ0) is 8.27. The van der Waals surface area contributed by atoms with Gasteiger partial charge in [0.2, 0.25) is 0 Å². The maximum atomic E-state index is 10.8. The van der Waals surface area contributed by atoms with Gasteiger partial charge in [-0.1, -0.05) is 11.6 Å². The first-order valence-corrected chi connectivity index (χ1v) is 4.12. The van der Waals surface area contributed by atoms with Gasteiger partial charge in [0.05, 0.1) is 13.2 Å². The first-order valence-electron chi connectivity index (χ1n) is 3.68. The molecule has 0 aromatic heterocycles. The highest BCUT2D eigenvalue weighted by molar-refractivity contribution is 6.30. The van der Waals surface area contributed by atoms with Crippen LogP contribution in [-0.2, 0) is 9.53 Å². The third-order valence-electron chi connectivity index (χ3n) is 1.70. The third-order valence-corrected chi connectivity index (χ3v) is 2.29. The Balaban J connectivity index is 2.38. The van der Waals surface area contributed by atoms with Gasteiger partial charge < -0.3 is 4.74 Å². The molecule has 0 amide bonds. The number of alkyl halides is 1. The van der Waals surface area contributed by atoms with E-state index in [0.717, 1.165) is 13.1 Å². The topological polar surface area (TPSA) is 29.5 Å². The summed E-state index contributed by atoms with van der Waals surface area (Å²) in [6.07, 6.45) is 0. The molecule has 0 radical (unpaired) electrons. The maximum Gasteiger partial charge on any atom is 0.162 e. The van der Waals surface area contributed by atoms with Gasteiger partial charge in [-0.15, -0.1) is 0 Å². The lowest BCUT2D eigenvalue weighted by Crippen LogP contribution is -2.43. The Hall–Kier alpha value is -0.120. The molecule has 1 unspecified atom stereocenters. The highest BCUT2D eigenvalue weighted by atomic mass is 35.5. The number of carbonyl (C=O) groups excluding carboxylic acids is 1. The van der Waals surface area contributed by atoms with Crippen LogP contribution < -0.4 is 0 Å². The number of hydrogen-bond donors (Lipinski definition) is 0. The van der Waals surface area contributed by atoms with Gasteiger partial charge in [0, 0.05) is 13.1 Å². The highest BCUT2D eigenvalue weighted by Gasteiger charge is 2.21. The van der Waals surface area contributed by atoms with Crippen LogP contribution in [0, 0.1) is 0 Å². The molecule has 1 heterocycles. The predicted molar refractivity (Wildman–Crippen MR) is 42.7 cm³/mol. The number of morpholine rings is 1. The summed E-state index contributed by atoms with van der Waals surface area (Å²) in [4.78, 5) is 12.8. The minimum atomic E-state index is -0.459. The van der Waals surface area contributed by atoms with Crippen molar-refractivity contribution in [2.45, 2.75) is 12.4 Å². The van der Waals surface area contributed by atoms with Gasteiger partial charge in [-0.05, 0) is 6.92 Å². The van der Waals surface area contributed by atoms with Crippen LogP contribution >= 0.6 is 11.6 Å². The average molecular weight is 178 g/mol. The Labute approximate surface area is 71.3 Å². The van der Waals surface area contributed by atoms with Crippen LogP contribution in [0.15, 0.2) is 0 Å². The molecule has 1 aliphatic rings. The van der Waals surface area contributed by atoms with Crippen molar-refractivity contribution in [1.82, 2.24) is 4.90 Å². The van der Waals surface area contributed by atoms with Crippen molar-refractivity contribution in [2.75, 3.05) is 26.3 Å². The summed E-state index contributed by atoms with van der Waals surface area (Å²) in [7, 11) is 0. The van der Waals surface area contributed by atoms with Crippen molar-refractivity contribution < 1.29 is 9.53 Å². The summed E-state index contributed by atoms with van der Waals surface area (Å²) in [6.45, 7) is 4.38. The second-order valence-corrected chi connectivity index (χ2v) is 3.01. The summed E-state index contributed by atoms with van der Waals surface area (Å²) in [5.74, 6) is 0.00793. The molecule has 4 heteroatoms. The molecule has 1 atom stereocenters. The Bertz CT molecular complexity index is 145. The first kappa shape index (κ1) is 8.97. The number of halogens is 1. The lowest BCUT2D eigenvalue weighted by atomic mass is 10.3. The number of ketones is 1. The average Bonchev–Trinajstić information content (AvgIpc) is 2.05. The fourth-order valence-corrected chi connectivity index (χ4v) is 1.26. The van der Waals surface area contributed by atoms with Crippen LogP contribution in [-0.4, -0.2) is 42.5 Å². The molecule has 0 aliphatic carbocycles. The van der Waals surface area contributed by atoms with Gasteiger partial charge in [0.25, 0.3) is 0 Å². The van der Waals surface area contributed by atoms with Crippen molar-refractivity contribution in [3.63, 3.8) is 0 Å². The summed E-state index contributed by atoms with van der Waals surface area (Å²) in [5.41, 5.74) is -0.459. The molecule has 3 nitrogen and oxygen atoms in total. The van der Waals surface area contributed by atoms with Crippen LogP contribution in [0.2, 0.25) is 0 Å². The van der Waals surface area contributed by atoms with Crippen LogP contribution in [0.5, 0.6) is 0 Å². The second kappa shape index (κ2) is 4.04. The van der Waals surface area contributed by atoms with E-state index < -0.39 is 5.50 Å². The molecule has 0 N–H and O–H groups in total. The number of carbonyl (C=O) groups is 1. The zero-order valence-corrected chi connectivity index (χ0v) is 7.30. The number of rotatable bonds is 2. The molecule has 0 spiro atoms. The van der Waals surface area contributed by atoms with E-state index in [0.29, 0.717) is 13.2 Å². The fraction of sp³-hybridized carbons (Fsp3) is 0.857. The maximum absolute atomic E-state index is 10.8. The van der Waals surface area contributed by atoms with Crippen LogP contribution in [0.1, 0.15) is 6.92 Å². The number of Topliss-reactive ketones (excluding diaryl/α,β-unsaturated/α-hetero) is 1. The van der Waals surface area contributed by atoms with Crippen LogP contribution in [0.3, 0.4) is 0 Å². The first-order chi connectivity index (χ1) is 5.22. The van der Waals surface area contributed by atoms with E-state index in [9.17, 15) is 4.79 Å². The lowest BCUT2D eigenvalue weighted by molar-refractivity contribution is -0.120. The Morgan fingerprint density at radius 1 is 1.55 bits per heavy atom. The largest absolute Gasteiger partial charge is 0.379 e. The summed E-state index contributed by atoms with van der Waals surface area (Å²) < 4.78 is 5.12. The summed E-state index contributed by atoms with van der Waals surface area (Å²) >= 11 is 5.82. The van der Waals surface area contributed by atoms with Crippen molar-refractivity contribution in [3.05, 3.63) is 0 Å². The SMILES string of the molecule is CC(=O)C(Cl)N1CCOCC1. The minimum absolute atomic E-state index is 0.00793. The number of ether oxygens (including phenoxy) is 1. The van der Waals surface area contributed by atoms with E-state index in [4.69, 9.17) is 16.3 Å². The van der Waals surface area contributed by atoms with E-state index in [-0.39, 0.29) is 5.78 Å². The summed E-state index contributed by atoms with van der Waals surface area (Å²) in [6, 6.07) is 0. The molecule has 0 aromatic rings. The molecule has 0 bridgehead atoms. The Morgan fingerprint density at radius 3 is 2.55 bits per heavy atom. The molecule has 1 saturated heterocycles. The van der Waals surface area contributed by atoms with Crippen molar-refractivity contribution in [3.8, 4) is 0 Å². The van der Waals surface area contributed by atoms with Crippen LogP contribution in [0.4, 0.5) is 0 Å². The molecule has 1 aliphatic heterocycles. The fourth-order valence-electron chi connectivity index (χ4n) is 1.06. The number of hydrogen-bond acceptors (Lipinski definition) is 3. The molecule has 64 valence electrons. The molecule has 1 fully saturated rings. The predicted octanol–water partition coefficient (Wildman–Crippen LogP) is 0.472. The Kier molecular flexibility index (Phi) is 3.30. The lowest BCUT2D eigenvalue weighted by Gasteiger charge is -2.29. The van der Waals surface area contributed by atoms with Gasteiger partial charge in [0.15, 0.2) is 5.78 Å². The summed E-state index contributed by atoms with van der Waals surface area (Å²) in [5, 5.41) is 0. The minimum Gasteiger partial charge on any atom is -0.379 e. The monoisotopic (exact) mass is 177 g/mol.